The lowest BCUT2D eigenvalue weighted by Gasteiger charge is -2.39. The maximum absolute atomic E-state index is 13.0. The Morgan fingerprint density at radius 1 is 1.33 bits per heavy atom. The molecule has 24 heavy (non-hydrogen) atoms. The fraction of sp³-hybridized carbons (Fsp3) is 0.222. The Labute approximate surface area is 141 Å². The van der Waals surface area contributed by atoms with Gasteiger partial charge >= 0.3 is 0 Å². The molecule has 0 N–H and O–H groups in total. The smallest absolute Gasteiger partial charge is 0.270 e. The largest absolute Gasteiger partial charge is 0.466 e. The van der Waals surface area contributed by atoms with Gasteiger partial charge in [-0.1, -0.05) is 29.5 Å². The number of para-hydroxylation sites is 1. The molecule has 4 heterocycles. The zero-order valence-electron chi connectivity index (χ0n) is 12.9. The molecule has 0 spiro atoms. The zero-order valence-corrected chi connectivity index (χ0v) is 13.7. The van der Waals surface area contributed by atoms with Crippen LogP contribution in [0.25, 0.3) is 6.08 Å². The van der Waals surface area contributed by atoms with Crippen molar-refractivity contribution < 1.29 is 9.15 Å². The number of thiazole rings is 1. The predicted molar refractivity (Wildman–Crippen MR) is 89.9 cm³/mol. The lowest BCUT2D eigenvalue weighted by Crippen LogP contribution is -2.49. The highest BCUT2D eigenvalue weighted by molar-refractivity contribution is 7.07. The third kappa shape index (κ3) is 1.93. The SMILES string of the molecule is CC12CC(c3ccccc3O1)n1c(sc(=Cc3ccco3)c1=O)=N2. The van der Waals surface area contributed by atoms with Crippen molar-refractivity contribution >= 4 is 17.4 Å². The fourth-order valence-electron chi connectivity index (χ4n) is 3.44. The highest BCUT2D eigenvalue weighted by Gasteiger charge is 2.42. The summed E-state index contributed by atoms with van der Waals surface area (Å²) in [6, 6.07) is 11.5. The van der Waals surface area contributed by atoms with E-state index in [1.54, 1.807) is 23.0 Å². The molecule has 1 aromatic carbocycles. The number of rotatable bonds is 1. The first-order valence-electron chi connectivity index (χ1n) is 7.77. The van der Waals surface area contributed by atoms with Gasteiger partial charge in [0, 0.05) is 18.1 Å². The summed E-state index contributed by atoms with van der Waals surface area (Å²) < 4.78 is 13.8. The van der Waals surface area contributed by atoms with E-state index in [9.17, 15) is 4.79 Å². The zero-order chi connectivity index (χ0) is 16.3. The molecule has 120 valence electrons. The van der Waals surface area contributed by atoms with Gasteiger partial charge in [-0.05, 0) is 25.1 Å². The molecule has 2 aromatic heterocycles. The summed E-state index contributed by atoms with van der Waals surface area (Å²) in [7, 11) is 0. The lowest BCUT2D eigenvalue weighted by molar-refractivity contribution is 0.0410. The second-order valence-corrected chi connectivity index (χ2v) is 7.24. The molecule has 5 rings (SSSR count). The van der Waals surface area contributed by atoms with E-state index in [1.807, 2.05) is 37.3 Å². The van der Waals surface area contributed by atoms with Gasteiger partial charge in [-0.15, -0.1) is 0 Å². The minimum Gasteiger partial charge on any atom is -0.466 e. The van der Waals surface area contributed by atoms with Gasteiger partial charge < -0.3 is 9.15 Å². The molecule has 6 heteroatoms. The Balaban J connectivity index is 1.80. The number of benzene rings is 1. The van der Waals surface area contributed by atoms with Crippen molar-refractivity contribution in [2.24, 2.45) is 4.99 Å². The molecule has 0 aliphatic carbocycles. The minimum absolute atomic E-state index is 0.0288. The molecule has 2 bridgehead atoms. The van der Waals surface area contributed by atoms with Crippen LogP contribution >= 0.6 is 11.3 Å². The molecule has 0 saturated heterocycles. The molecule has 3 aromatic rings. The normalized spacial score (nSPS) is 24.7. The van der Waals surface area contributed by atoms with Crippen LogP contribution in [0.15, 0.2) is 56.9 Å². The van der Waals surface area contributed by atoms with Crippen LogP contribution < -0.4 is 19.6 Å². The Hall–Kier alpha value is -2.60. The molecule has 2 aliphatic rings. The van der Waals surface area contributed by atoms with Gasteiger partial charge in [-0.3, -0.25) is 9.36 Å². The Bertz CT molecular complexity index is 1110. The number of fused-ring (bicyclic) bond motifs is 6. The van der Waals surface area contributed by atoms with Crippen LogP contribution in [0.1, 0.15) is 30.7 Å². The summed E-state index contributed by atoms with van der Waals surface area (Å²) in [5, 5.41) is 0. The maximum atomic E-state index is 13.0. The van der Waals surface area contributed by atoms with Crippen LogP contribution in [0.3, 0.4) is 0 Å². The molecule has 0 amide bonds. The highest BCUT2D eigenvalue weighted by atomic mass is 32.1. The molecule has 0 fully saturated rings. The van der Waals surface area contributed by atoms with E-state index in [-0.39, 0.29) is 11.6 Å². The predicted octanol–water partition coefficient (Wildman–Crippen LogP) is 2.05. The molecule has 0 saturated carbocycles. The van der Waals surface area contributed by atoms with Gasteiger partial charge in [0.15, 0.2) is 4.80 Å². The van der Waals surface area contributed by atoms with Gasteiger partial charge in [-0.25, -0.2) is 4.99 Å². The molecule has 0 radical (unpaired) electrons. The number of hydrogen-bond acceptors (Lipinski definition) is 5. The minimum atomic E-state index is -0.627. The van der Waals surface area contributed by atoms with Crippen LogP contribution in [-0.2, 0) is 0 Å². The van der Waals surface area contributed by atoms with E-state index >= 15 is 0 Å². The first-order valence-corrected chi connectivity index (χ1v) is 8.59. The summed E-state index contributed by atoms with van der Waals surface area (Å²) >= 11 is 1.38. The van der Waals surface area contributed by atoms with Crippen molar-refractivity contribution in [2.75, 3.05) is 0 Å². The number of furan rings is 1. The van der Waals surface area contributed by atoms with Crippen molar-refractivity contribution in [1.82, 2.24) is 4.57 Å². The van der Waals surface area contributed by atoms with Gasteiger partial charge in [0.2, 0.25) is 5.72 Å². The van der Waals surface area contributed by atoms with Crippen molar-refractivity contribution in [3.8, 4) is 5.75 Å². The first kappa shape index (κ1) is 13.8. The van der Waals surface area contributed by atoms with Gasteiger partial charge in [-0.2, -0.15) is 0 Å². The Kier molecular flexibility index (Phi) is 2.71. The van der Waals surface area contributed by atoms with Crippen LogP contribution in [0, 0.1) is 0 Å². The molecule has 2 aliphatic heterocycles. The third-order valence-corrected chi connectivity index (χ3v) is 5.46. The second-order valence-electron chi connectivity index (χ2n) is 6.23. The van der Waals surface area contributed by atoms with Gasteiger partial charge in [0.25, 0.3) is 5.56 Å². The van der Waals surface area contributed by atoms with Crippen molar-refractivity contribution in [2.45, 2.75) is 25.1 Å². The first-order chi connectivity index (χ1) is 11.6. The molecule has 2 unspecified atom stereocenters. The average Bonchev–Trinajstić information content (AvgIpc) is 3.16. The van der Waals surface area contributed by atoms with E-state index in [0.29, 0.717) is 21.5 Å². The monoisotopic (exact) mass is 338 g/mol. The van der Waals surface area contributed by atoms with E-state index in [2.05, 4.69) is 0 Å². The van der Waals surface area contributed by atoms with Crippen molar-refractivity contribution in [3.05, 3.63) is 73.7 Å². The molecular weight excluding hydrogens is 324 g/mol. The molecular formula is C18H14N2O3S. The second kappa shape index (κ2) is 4.70. The maximum Gasteiger partial charge on any atom is 0.270 e. The Morgan fingerprint density at radius 2 is 2.21 bits per heavy atom. The number of nitrogens with zero attached hydrogens (tertiary/aromatic N) is 2. The van der Waals surface area contributed by atoms with Crippen molar-refractivity contribution in [1.29, 1.82) is 0 Å². The number of aromatic nitrogens is 1. The average molecular weight is 338 g/mol. The molecule has 2 atom stereocenters. The summed E-state index contributed by atoms with van der Waals surface area (Å²) in [5.41, 5.74) is 0.382. The number of hydrogen-bond donors (Lipinski definition) is 0. The van der Waals surface area contributed by atoms with Crippen molar-refractivity contribution in [3.63, 3.8) is 0 Å². The number of ether oxygens (including phenoxy) is 1. The van der Waals surface area contributed by atoms with Crippen LogP contribution in [-0.4, -0.2) is 10.3 Å². The van der Waals surface area contributed by atoms with Gasteiger partial charge in [0.1, 0.15) is 11.5 Å². The van der Waals surface area contributed by atoms with Gasteiger partial charge in [0.05, 0.1) is 16.8 Å². The summed E-state index contributed by atoms with van der Waals surface area (Å²) in [5.74, 6) is 1.47. The van der Waals surface area contributed by atoms with E-state index in [1.165, 1.54) is 11.3 Å². The summed E-state index contributed by atoms with van der Waals surface area (Å²) in [4.78, 5) is 18.4. The van der Waals surface area contributed by atoms with E-state index < -0.39 is 5.72 Å². The highest BCUT2D eigenvalue weighted by Crippen LogP contribution is 2.42. The quantitative estimate of drug-likeness (QED) is 0.682. The topological polar surface area (TPSA) is 56.7 Å². The fourth-order valence-corrected chi connectivity index (χ4v) is 4.54. The standard InChI is InChI=1S/C18H14N2O3S/c1-18-10-13(12-6-2-3-7-14(12)23-18)20-16(21)15(24-17(20)19-18)9-11-5-4-8-22-11/h2-9,13H,10H2,1H3. The van der Waals surface area contributed by atoms with E-state index in [0.717, 1.165) is 11.3 Å². The summed E-state index contributed by atoms with van der Waals surface area (Å²) in [6.45, 7) is 1.97. The van der Waals surface area contributed by atoms with Crippen LogP contribution in [0.4, 0.5) is 0 Å². The van der Waals surface area contributed by atoms with Crippen LogP contribution in [0.2, 0.25) is 0 Å². The third-order valence-electron chi connectivity index (χ3n) is 4.48. The molecule has 5 nitrogen and oxygen atoms in total. The van der Waals surface area contributed by atoms with Crippen LogP contribution in [0.5, 0.6) is 5.75 Å². The lowest BCUT2D eigenvalue weighted by atomic mass is 9.93. The van der Waals surface area contributed by atoms with E-state index in [4.69, 9.17) is 14.1 Å². The Morgan fingerprint density at radius 3 is 3.04 bits per heavy atom. The summed E-state index contributed by atoms with van der Waals surface area (Å²) in [6.07, 6.45) is 4.03.